The van der Waals surface area contributed by atoms with Gasteiger partial charge in [0, 0.05) is 41.5 Å². The number of nitrogens with zero attached hydrogens (tertiary/aromatic N) is 2. The van der Waals surface area contributed by atoms with Crippen molar-refractivity contribution in [3.05, 3.63) is 58.7 Å². The predicted molar refractivity (Wildman–Crippen MR) is 129 cm³/mol. The summed E-state index contributed by atoms with van der Waals surface area (Å²) in [6.07, 6.45) is 0.966. The smallest absolute Gasteiger partial charge is 0.303 e. The molecule has 0 unspecified atom stereocenters. The second kappa shape index (κ2) is 9.98. The van der Waals surface area contributed by atoms with Crippen LogP contribution < -0.4 is 4.74 Å². The maximum atomic E-state index is 12.9. The number of carboxylic acids is 1. The van der Waals surface area contributed by atoms with Crippen molar-refractivity contribution in [1.82, 2.24) is 9.88 Å². The van der Waals surface area contributed by atoms with Crippen LogP contribution in [0, 0.1) is 5.92 Å². The number of rotatable bonds is 6. The van der Waals surface area contributed by atoms with Gasteiger partial charge in [-0.2, -0.15) is 0 Å². The highest BCUT2D eigenvalue weighted by Gasteiger charge is 2.29. The highest BCUT2D eigenvalue weighted by molar-refractivity contribution is 6.34. The number of piperidine rings is 1. The second-order valence-corrected chi connectivity index (χ2v) is 9.10. The van der Waals surface area contributed by atoms with Crippen LogP contribution in [0.2, 0.25) is 10.2 Å². The van der Waals surface area contributed by atoms with Gasteiger partial charge in [0.1, 0.15) is 10.9 Å². The summed E-state index contributed by atoms with van der Waals surface area (Å²) in [7, 11) is 0. The first-order valence-electron chi connectivity index (χ1n) is 10.8. The largest absolute Gasteiger partial charge is 0.481 e. The van der Waals surface area contributed by atoms with E-state index in [1.54, 1.807) is 30.0 Å². The number of amides is 1. The number of aromatic nitrogens is 1. The number of fused-ring (bicyclic) bond motifs is 1. The molecule has 1 aromatic heterocycles. The number of hydrogen-bond acceptors (Lipinski definition) is 4. The highest BCUT2D eigenvalue weighted by Crippen LogP contribution is 2.35. The third-order valence-corrected chi connectivity index (χ3v) is 6.39. The number of aliphatic carboxylic acids is 1. The molecule has 2 aromatic carbocycles. The summed E-state index contributed by atoms with van der Waals surface area (Å²) in [4.78, 5) is 30.1. The molecule has 1 aliphatic rings. The quantitative estimate of drug-likeness (QED) is 0.452. The van der Waals surface area contributed by atoms with Gasteiger partial charge in [0.25, 0.3) is 5.91 Å². The molecule has 0 bridgehead atoms. The molecule has 0 radical (unpaired) electrons. The zero-order valence-electron chi connectivity index (χ0n) is 18.1. The monoisotopic (exact) mass is 486 g/mol. The predicted octanol–water partition coefficient (Wildman–Crippen LogP) is 5.69. The lowest BCUT2D eigenvalue weighted by Crippen LogP contribution is -2.46. The van der Waals surface area contributed by atoms with Gasteiger partial charge in [0.2, 0.25) is 0 Å². The average molecular weight is 487 g/mol. The van der Waals surface area contributed by atoms with Gasteiger partial charge >= 0.3 is 5.97 Å². The third kappa shape index (κ3) is 5.40. The molecule has 0 aliphatic carbocycles. The van der Waals surface area contributed by atoms with Crippen molar-refractivity contribution in [3.63, 3.8) is 0 Å². The van der Waals surface area contributed by atoms with Crippen LogP contribution in [0.4, 0.5) is 0 Å². The minimum absolute atomic E-state index is 0.0253. The van der Waals surface area contributed by atoms with Crippen molar-refractivity contribution in [3.8, 4) is 16.9 Å². The summed E-state index contributed by atoms with van der Waals surface area (Å²) in [6.45, 7) is 2.75. The Morgan fingerprint density at radius 3 is 2.73 bits per heavy atom. The summed E-state index contributed by atoms with van der Waals surface area (Å²) in [5.74, 6) is -0.511. The summed E-state index contributed by atoms with van der Waals surface area (Å²) in [5.41, 5.74) is 2.35. The summed E-state index contributed by atoms with van der Waals surface area (Å²) < 4.78 is 5.95. The second-order valence-electron chi connectivity index (χ2n) is 8.30. The molecule has 0 spiro atoms. The maximum Gasteiger partial charge on any atom is 0.303 e. The zero-order valence-corrected chi connectivity index (χ0v) is 19.6. The lowest BCUT2D eigenvalue weighted by molar-refractivity contribution is -0.143. The van der Waals surface area contributed by atoms with Crippen LogP contribution >= 0.6 is 23.2 Å². The van der Waals surface area contributed by atoms with E-state index in [-0.39, 0.29) is 18.2 Å². The van der Waals surface area contributed by atoms with Gasteiger partial charge in [0.15, 0.2) is 6.10 Å². The summed E-state index contributed by atoms with van der Waals surface area (Å²) in [6, 6.07) is 14.7. The lowest BCUT2D eigenvalue weighted by Gasteiger charge is -2.33. The first-order valence-corrected chi connectivity index (χ1v) is 11.6. The number of ether oxygens (including phenoxy) is 1. The van der Waals surface area contributed by atoms with E-state index in [9.17, 15) is 9.59 Å². The molecule has 0 saturated carbocycles. The van der Waals surface area contributed by atoms with Gasteiger partial charge < -0.3 is 14.7 Å². The number of carbonyl (C=O) groups is 2. The van der Waals surface area contributed by atoms with Crippen molar-refractivity contribution < 1.29 is 19.4 Å². The topological polar surface area (TPSA) is 79.7 Å². The number of likely N-dealkylation sites (tertiary alicyclic amines) is 1. The molecule has 6 nitrogen and oxygen atoms in total. The van der Waals surface area contributed by atoms with Crippen molar-refractivity contribution in [2.75, 3.05) is 13.1 Å². The third-order valence-electron chi connectivity index (χ3n) is 5.87. The molecule has 1 aliphatic heterocycles. The molecule has 3 aromatic rings. The van der Waals surface area contributed by atoms with E-state index in [0.717, 1.165) is 29.4 Å². The highest BCUT2D eigenvalue weighted by atomic mass is 35.5. The van der Waals surface area contributed by atoms with Crippen molar-refractivity contribution >= 4 is 46.0 Å². The molecular weight excluding hydrogens is 463 g/mol. The Morgan fingerprint density at radius 1 is 1.18 bits per heavy atom. The Hall–Kier alpha value is -2.83. The Kier molecular flexibility index (Phi) is 7.05. The van der Waals surface area contributed by atoms with E-state index in [0.29, 0.717) is 34.5 Å². The lowest BCUT2D eigenvalue weighted by atomic mass is 9.94. The van der Waals surface area contributed by atoms with Crippen LogP contribution in [0.5, 0.6) is 5.75 Å². The normalized spacial score (nSPS) is 17.1. The Morgan fingerprint density at radius 2 is 1.97 bits per heavy atom. The van der Waals surface area contributed by atoms with E-state index in [2.05, 4.69) is 4.98 Å². The molecule has 4 rings (SSSR count). The van der Waals surface area contributed by atoms with E-state index < -0.39 is 12.1 Å². The fourth-order valence-electron chi connectivity index (χ4n) is 4.34. The van der Waals surface area contributed by atoms with Crippen LogP contribution in [0.25, 0.3) is 22.0 Å². The molecule has 1 saturated heterocycles. The number of hydrogen-bond donors (Lipinski definition) is 1. The van der Waals surface area contributed by atoms with Crippen molar-refractivity contribution in [2.45, 2.75) is 32.3 Å². The van der Waals surface area contributed by atoms with Crippen molar-refractivity contribution in [1.29, 1.82) is 0 Å². The van der Waals surface area contributed by atoms with E-state index in [4.69, 9.17) is 33.0 Å². The Bertz CT molecular complexity index is 1200. The molecule has 172 valence electrons. The average Bonchev–Trinajstić information content (AvgIpc) is 2.78. The molecular formula is C25H24Cl2N2O4. The molecule has 2 heterocycles. The molecule has 2 atom stereocenters. The van der Waals surface area contributed by atoms with Gasteiger partial charge in [-0.1, -0.05) is 41.4 Å². The number of carboxylic acid groups (broad SMARTS) is 1. The first-order chi connectivity index (χ1) is 15.8. The van der Waals surface area contributed by atoms with Gasteiger partial charge in [-0.25, -0.2) is 4.98 Å². The molecule has 1 fully saturated rings. The minimum atomic E-state index is -0.836. The maximum absolute atomic E-state index is 12.9. The van der Waals surface area contributed by atoms with Gasteiger partial charge in [-0.05, 0) is 55.5 Å². The minimum Gasteiger partial charge on any atom is -0.481 e. The standard InChI is InChI=1S/C25H24Cl2N2O4/c1-15(25(32)29-10-4-5-16(14-29)11-24(30)31)33-17-8-9-19-20(13-23(27)28-22(19)12-17)18-6-2-3-7-21(18)26/h2-3,6-9,12-13,15-16H,4-5,10-11,14H2,1H3,(H,30,31)/t15-,16-/m1/s1. The van der Waals surface area contributed by atoms with E-state index in [1.165, 1.54) is 0 Å². The fraction of sp³-hybridized carbons (Fsp3) is 0.320. The number of benzene rings is 2. The van der Waals surface area contributed by atoms with Gasteiger partial charge in [-0.3, -0.25) is 9.59 Å². The van der Waals surface area contributed by atoms with Crippen LogP contribution in [0.15, 0.2) is 48.5 Å². The SMILES string of the molecule is C[C@@H](Oc1ccc2c(-c3ccccc3Cl)cc(Cl)nc2c1)C(=O)N1CCC[C@H](CC(=O)O)C1. The van der Waals surface area contributed by atoms with Crippen LogP contribution in [-0.2, 0) is 9.59 Å². The van der Waals surface area contributed by atoms with Crippen molar-refractivity contribution in [2.24, 2.45) is 5.92 Å². The summed E-state index contributed by atoms with van der Waals surface area (Å²) in [5, 5.41) is 10.9. The molecule has 33 heavy (non-hydrogen) atoms. The number of carbonyl (C=O) groups excluding carboxylic acids is 1. The Balaban J connectivity index is 1.54. The van der Waals surface area contributed by atoms with E-state index in [1.807, 2.05) is 30.3 Å². The van der Waals surface area contributed by atoms with Gasteiger partial charge in [0.05, 0.1) is 5.52 Å². The fourth-order valence-corrected chi connectivity index (χ4v) is 4.78. The van der Waals surface area contributed by atoms with Crippen LogP contribution in [0.3, 0.4) is 0 Å². The van der Waals surface area contributed by atoms with Crippen LogP contribution in [0.1, 0.15) is 26.2 Å². The molecule has 1 amide bonds. The number of halogens is 2. The zero-order chi connectivity index (χ0) is 23.5. The Labute approximate surface area is 202 Å². The van der Waals surface area contributed by atoms with Gasteiger partial charge in [-0.15, -0.1) is 0 Å². The van der Waals surface area contributed by atoms with Crippen LogP contribution in [-0.4, -0.2) is 46.1 Å². The number of pyridine rings is 1. The molecule has 1 N–H and O–H groups in total. The summed E-state index contributed by atoms with van der Waals surface area (Å²) >= 11 is 12.7. The first kappa shape index (κ1) is 23.3. The molecule has 8 heteroatoms. The van der Waals surface area contributed by atoms with E-state index >= 15 is 0 Å².